The monoisotopic (exact) mass is 400 g/mol. The molecule has 0 aliphatic rings. The number of ether oxygens (including phenoxy) is 2. The second kappa shape index (κ2) is 8.96. The van der Waals surface area contributed by atoms with Crippen LogP contribution in [0.1, 0.15) is 5.56 Å². The quantitative estimate of drug-likeness (QED) is 0.481. The number of amides is 1. The molecule has 0 unspecified atom stereocenters. The first-order valence-electron chi connectivity index (χ1n) is 8.17. The van der Waals surface area contributed by atoms with Gasteiger partial charge in [0.05, 0.1) is 25.5 Å². The number of hydrogen-bond donors (Lipinski definition) is 1. The van der Waals surface area contributed by atoms with Gasteiger partial charge in [-0.2, -0.15) is 9.90 Å². The fraction of sp³-hybridized carbons (Fsp3) is 0.167. The molecule has 0 atom stereocenters. The van der Waals surface area contributed by atoms with Gasteiger partial charge in [-0.3, -0.25) is 4.79 Å². The van der Waals surface area contributed by atoms with Crippen LogP contribution in [-0.2, 0) is 11.3 Å². The van der Waals surface area contributed by atoms with Gasteiger partial charge in [-0.05, 0) is 41.1 Å². The van der Waals surface area contributed by atoms with Crippen molar-refractivity contribution in [1.29, 1.82) is 0 Å². The van der Waals surface area contributed by atoms with Gasteiger partial charge in [-0.1, -0.05) is 23.7 Å². The number of rotatable bonds is 7. The van der Waals surface area contributed by atoms with E-state index in [1.54, 1.807) is 50.6 Å². The van der Waals surface area contributed by atoms with E-state index in [0.29, 0.717) is 27.9 Å². The Hall–Kier alpha value is -3.46. The van der Waals surface area contributed by atoms with E-state index < -0.39 is 5.91 Å². The zero-order valence-corrected chi connectivity index (χ0v) is 15.9. The normalized spacial score (nSPS) is 10.8. The van der Waals surface area contributed by atoms with E-state index in [2.05, 4.69) is 25.9 Å². The van der Waals surface area contributed by atoms with Gasteiger partial charge >= 0.3 is 0 Å². The summed E-state index contributed by atoms with van der Waals surface area (Å²) < 4.78 is 10.4. The fourth-order valence-corrected chi connectivity index (χ4v) is 2.56. The van der Waals surface area contributed by atoms with Crippen LogP contribution in [0.3, 0.4) is 0 Å². The highest BCUT2D eigenvalue weighted by Gasteiger charge is 2.11. The molecule has 3 rings (SSSR count). The molecule has 1 amide bonds. The number of carbonyl (C=O) groups is 1. The van der Waals surface area contributed by atoms with Gasteiger partial charge in [0, 0.05) is 5.56 Å². The summed E-state index contributed by atoms with van der Waals surface area (Å²) in [5, 5.41) is 16.4. The third-order valence-electron chi connectivity index (χ3n) is 3.66. The average molecular weight is 401 g/mol. The summed E-state index contributed by atoms with van der Waals surface area (Å²) in [6.45, 7) is -0.138. The Bertz CT molecular complexity index is 1000. The van der Waals surface area contributed by atoms with Crippen LogP contribution in [0.2, 0.25) is 5.02 Å². The zero-order chi connectivity index (χ0) is 19.9. The lowest BCUT2D eigenvalue weighted by Crippen LogP contribution is -2.24. The molecule has 0 bridgehead atoms. The van der Waals surface area contributed by atoms with Crippen LogP contribution in [0, 0.1) is 0 Å². The number of benzene rings is 2. The lowest BCUT2D eigenvalue weighted by atomic mass is 10.2. The van der Waals surface area contributed by atoms with Gasteiger partial charge in [-0.15, -0.1) is 10.2 Å². The third-order valence-corrected chi connectivity index (χ3v) is 3.99. The number of nitrogens with zero attached hydrogens (tertiary/aromatic N) is 5. The van der Waals surface area contributed by atoms with E-state index in [4.69, 9.17) is 21.1 Å². The third kappa shape index (κ3) is 4.63. The molecule has 1 aromatic heterocycles. The largest absolute Gasteiger partial charge is 0.493 e. The Morgan fingerprint density at radius 2 is 2.00 bits per heavy atom. The maximum atomic E-state index is 12.0. The molecular weight excluding hydrogens is 384 g/mol. The summed E-state index contributed by atoms with van der Waals surface area (Å²) >= 11 is 6.11. The second-order valence-electron chi connectivity index (χ2n) is 5.53. The molecule has 0 aliphatic carbocycles. The maximum absolute atomic E-state index is 12.0. The lowest BCUT2D eigenvalue weighted by Gasteiger charge is -2.07. The molecule has 0 saturated carbocycles. The van der Waals surface area contributed by atoms with Gasteiger partial charge in [-0.25, -0.2) is 5.43 Å². The van der Waals surface area contributed by atoms with Gasteiger partial charge in [0.15, 0.2) is 11.5 Å². The first-order valence-corrected chi connectivity index (χ1v) is 8.55. The summed E-state index contributed by atoms with van der Waals surface area (Å²) in [5.74, 6) is 1.11. The molecule has 28 heavy (non-hydrogen) atoms. The molecule has 0 fully saturated rings. The minimum absolute atomic E-state index is 0.138. The molecule has 3 aromatic rings. The van der Waals surface area contributed by atoms with Crippen LogP contribution in [0.25, 0.3) is 11.4 Å². The van der Waals surface area contributed by atoms with E-state index in [-0.39, 0.29) is 6.54 Å². The van der Waals surface area contributed by atoms with Crippen molar-refractivity contribution in [2.24, 2.45) is 5.10 Å². The molecule has 144 valence electrons. The van der Waals surface area contributed by atoms with Gasteiger partial charge in [0.1, 0.15) is 6.54 Å². The lowest BCUT2D eigenvalue weighted by molar-refractivity contribution is -0.122. The zero-order valence-electron chi connectivity index (χ0n) is 15.2. The van der Waals surface area contributed by atoms with Crippen molar-refractivity contribution in [3.05, 3.63) is 53.1 Å². The Labute approximate surface area is 165 Å². The number of methoxy groups -OCH3 is 2. The van der Waals surface area contributed by atoms with Crippen LogP contribution < -0.4 is 14.9 Å². The van der Waals surface area contributed by atoms with Gasteiger partial charge < -0.3 is 9.47 Å². The Kier molecular flexibility index (Phi) is 6.18. The highest BCUT2D eigenvalue weighted by molar-refractivity contribution is 6.33. The van der Waals surface area contributed by atoms with E-state index in [1.807, 2.05) is 6.07 Å². The number of carbonyl (C=O) groups excluding carboxylic acids is 1. The Balaban J connectivity index is 1.59. The summed E-state index contributed by atoms with van der Waals surface area (Å²) in [6, 6.07) is 12.4. The maximum Gasteiger partial charge on any atom is 0.263 e. The Morgan fingerprint density at radius 1 is 1.21 bits per heavy atom. The first kappa shape index (κ1) is 19.3. The number of nitrogens with one attached hydrogen (secondary N) is 1. The molecule has 0 saturated heterocycles. The van der Waals surface area contributed by atoms with E-state index >= 15 is 0 Å². The number of hydrogen-bond acceptors (Lipinski definition) is 7. The van der Waals surface area contributed by atoms with Crippen LogP contribution in [0.15, 0.2) is 47.6 Å². The smallest absolute Gasteiger partial charge is 0.263 e. The van der Waals surface area contributed by atoms with Crippen molar-refractivity contribution in [1.82, 2.24) is 25.6 Å². The van der Waals surface area contributed by atoms with Crippen molar-refractivity contribution in [2.75, 3.05) is 14.2 Å². The molecule has 1 N–H and O–H groups in total. The molecule has 1 heterocycles. The second-order valence-corrected chi connectivity index (χ2v) is 5.94. The predicted octanol–water partition coefficient (Wildman–Crippen LogP) is 2.16. The number of halogens is 1. The van der Waals surface area contributed by atoms with Crippen molar-refractivity contribution in [2.45, 2.75) is 6.54 Å². The summed E-state index contributed by atoms with van der Waals surface area (Å²) in [6.07, 6.45) is 1.49. The van der Waals surface area contributed by atoms with E-state index in [9.17, 15) is 4.79 Å². The van der Waals surface area contributed by atoms with Crippen molar-refractivity contribution in [3.63, 3.8) is 0 Å². The summed E-state index contributed by atoms with van der Waals surface area (Å²) in [7, 11) is 3.10. The number of tetrazole rings is 1. The van der Waals surface area contributed by atoms with Gasteiger partial charge in [0.2, 0.25) is 5.82 Å². The summed E-state index contributed by atoms with van der Waals surface area (Å²) in [4.78, 5) is 13.2. The number of aromatic nitrogens is 4. The summed E-state index contributed by atoms with van der Waals surface area (Å²) in [5.41, 5.74) is 3.79. The van der Waals surface area contributed by atoms with Crippen LogP contribution in [0.5, 0.6) is 11.5 Å². The van der Waals surface area contributed by atoms with E-state index in [1.165, 1.54) is 11.0 Å². The average Bonchev–Trinajstić information content (AvgIpc) is 3.16. The van der Waals surface area contributed by atoms with Crippen LogP contribution >= 0.6 is 11.6 Å². The molecule has 0 aliphatic heterocycles. The van der Waals surface area contributed by atoms with Crippen LogP contribution in [0.4, 0.5) is 0 Å². The van der Waals surface area contributed by atoms with Crippen molar-refractivity contribution >= 4 is 23.7 Å². The molecule has 9 nitrogen and oxygen atoms in total. The van der Waals surface area contributed by atoms with Gasteiger partial charge in [0.25, 0.3) is 5.91 Å². The number of hydrazone groups is 1. The van der Waals surface area contributed by atoms with E-state index in [0.717, 1.165) is 5.56 Å². The fourth-order valence-electron chi connectivity index (χ4n) is 2.34. The molecular formula is C18H17ClN6O3. The molecule has 0 radical (unpaired) electrons. The first-order chi connectivity index (χ1) is 13.6. The highest BCUT2D eigenvalue weighted by atomic mass is 35.5. The van der Waals surface area contributed by atoms with Crippen LogP contribution in [-0.4, -0.2) is 46.5 Å². The predicted molar refractivity (Wildman–Crippen MR) is 104 cm³/mol. The standard InChI is InChI=1S/C18H17ClN6O3/c1-27-15-8-7-12(9-16(15)28-2)10-20-21-17(26)11-25-23-18(22-24-25)13-5-3-4-6-14(13)19/h3-10H,11H2,1-2H3,(H,21,26). The SMILES string of the molecule is COc1ccc(C=NNC(=O)Cn2nnc(-c3ccccc3Cl)n2)cc1OC. The topological polar surface area (TPSA) is 104 Å². The molecule has 2 aromatic carbocycles. The minimum atomic E-state index is -0.403. The molecule has 0 spiro atoms. The highest BCUT2D eigenvalue weighted by Crippen LogP contribution is 2.27. The Morgan fingerprint density at radius 3 is 2.75 bits per heavy atom. The van der Waals surface area contributed by atoms with Crippen molar-refractivity contribution < 1.29 is 14.3 Å². The molecule has 10 heteroatoms. The van der Waals surface area contributed by atoms with Crippen molar-refractivity contribution in [3.8, 4) is 22.9 Å². The minimum Gasteiger partial charge on any atom is -0.493 e.